The van der Waals surface area contributed by atoms with Crippen molar-refractivity contribution < 1.29 is 0 Å². The first-order valence-electron chi connectivity index (χ1n) is 5.13. The van der Waals surface area contributed by atoms with E-state index in [2.05, 4.69) is 15.3 Å². The van der Waals surface area contributed by atoms with Crippen molar-refractivity contribution in [2.45, 2.75) is 13.5 Å². The zero-order valence-corrected chi connectivity index (χ0v) is 9.80. The van der Waals surface area contributed by atoms with Crippen LogP contribution in [0.25, 0.3) is 11.4 Å². The van der Waals surface area contributed by atoms with Crippen LogP contribution in [0.1, 0.15) is 12.6 Å². The molecule has 2 aromatic rings. The number of nitrogens with one attached hydrogen (secondary N) is 2. The van der Waals surface area contributed by atoms with Gasteiger partial charge in [0.05, 0.1) is 5.69 Å². The van der Waals surface area contributed by atoms with E-state index in [1.165, 1.54) is 6.07 Å². The third-order valence-electron chi connectivity index (χ3n) is 2.15. The first kappa shape index (κ1) is 11.0. The molecule has 16 heavy (non-hydrogen) atoms. The summed E-state index contributed by atoms with van der Waals surface area (Å²) < 4.78 is 0. The van der Waals surface area contributed by atoms with Crippen molar-refractivity contribution in [2.75, 3.05) is 6.54 Å². The predicted octanol–water partition coefficient (Wildman–Crippen LogP) is 1.61. The summed E-state index contributed by atoms with van der Waals surface area (Å²) in [7, 11) is 0. The number of aromatic nitrogens is 2. The molecule has 2 rings (SSSR count). The first-order valence-corrected chi connectivity index (χ1v) is 6.07. The maximum atomic E-state index is 11.4. The molecule has 0 saturated heterocycles. The van der Waals surface area contributed by atoms with Gasteiger partial charge in [0.1, 0.15) is 5.82 Å². The lowest BCUT2D eigenvalue weighted by molar-refractivity contribution is 0.708. The molecule has 0 aliphatic carbocycles. The van der Waals surface area contributed by atoms with Crippen LogP contribution in [0.2, 0.25) is 0 Å². The Morgan fingerprint density at radius 2 is 2.44 bits per heavy atom. The third-order valence-corrected chi connectivity index (χ3v) is 2.83. The van der Waals surface area contributed by atoms with E-state index < -0.39 is 0 Å². The van der Waals surface area contributed by atoms with Gasteiger partial charge in [-0.25, -0.2) is 4.98 Å². The highest BCUT2D eigenvalue weighted by atomic mass is 32.1. The third kappa shape index (κ3) is 2.56. The summed E-state index contributed by atoms with van der Waals surface area (Å²) in [5.74, 6) is 0.640. The van der Waals surface area contributed by atoms with E-state index in [-0.39, 0.29) is 5.56 Å². The van der Waals surface area contributed by atoms with Crippen LogP contribution in [-0.2, 0) is 6.54 Å². The van der Waals surface area contributed by atoms with E-state index in [1.54, 1.807) is 11.3 Å². The van der Waals surface area contributed by atoms with Crippen LogP contribution in [0.15, 0.2) is 27.7 Å². The van der Waals surface area contributed by atoms with Gasteiger partial charge in [0.2, 0.25) is 0 Å². The summed E-state index contributed by atoms with van der Waals surface area (Å²) >= 11 is 1.59. The largest absolute Gasteiger partial charge is 0.311 e. The fraction of sp³-hybridized carbons (Fsp3) is 0.273. The van der Waals surface area contributed by atoms with E-state index in [0.717, 1.165) is 17.8 Å². The van der Waals surface area contributed by atoms with Gasteiger partial charge in [-0.05, 0) is 18.0 Å². The molecule has 0 atom stereocenters. The van der Waals surface area contributed by atoms with Crippen LogP contribution < -0.4 is 10.9 Å². The minimum absolute atomic E-state index is 0.107. The molecule has 0 amide bonds. The van der Waals surface area contributed by atoms with Gasteiger partial charge >= 0.3 is 0 Å². The average molecular weight is 235 g/mol. The summed E-state index contributed by atoms with van der Waals surface area (Å²) in [6.45, 7) is 3.51. The van der Waals surface area contributed by atoms with Gasteiger partial charge in [-0.2, -0.15) is 11.3 Å². The molecule has 0 unspecified atom stereocenters. The number of nitrogens with zero attached hydrogens (tertiary/aromatic N) is 1. The highest BCUT2D eigenvalue weighted by Gasteiger charge is 2.03. The highest BCUT2D eigenvalue weighted by molar-refractivity contribution is 7.08. The van der Waals surface area contributed by atoms with Gasteiger partial charge < -0.3 is 10.3 Å². The molecule has 0 radical (unpaired) electrons. The molecule has 2 aromatic heterocycles. The first-order chi connectivity index (χ1) is 7.79. The molecule has 0 aliphatic rings. The lowest BCUT2D eigenvalue weighted by Crippen LogP contribution is -2.17. The van der Waals surface area contributed by atoms with Crippen molar-refractivity contribution in [1.82, 2.24) is 15.3 Å². The molecule has 0 fully saturated rings. The van der Waals surface area contributed by atoms with Crippen LogP contribution in [0.4, 0.5) is 0 Å². The van der Waals surface area contributed by atoms with Crippen LogP contribution in [0, 0.1) is 0 Å². The second kappa shape index (κ2) is 5.05. The van der Waals surface area contributed by atoms with E-state index in [4.69, 9.17) is 0 Å². The monoisotopic (exact) mass is 235 g/mol. The average Bonchev–Trinajstić information content (AvgIpc) is 2.79. The number of rotatable bonds is 4. The Labute approximate surface area is 97.4 Å². The summed E-state index contributed by atoms with van der Waals surface area (Å²) in [5, 5.41) is 7.08. The molecule has 2 heterocycles. The predicted molar refractivity (Wildman–Crippen MR) is 65.6 cm³/mol. The molecule has 0 spiro atoms. The Balaban J connectivity index is 2.33. The second-order valence-corrected chi connectivity index (χ2v) is 4.16. The van der Waals surface area contributed by atoms with Gasteiger partial charge in [-0.3, -0.25) is 4.79 Å². The standard InChI is InChI=1S/C11H13N3OS/c1-2-12-6-9-5-10(15)14-11(13-9)8-3-4-16-7-8/h3-5,7,12H,2,6H2,1H3,(H,13,14,15). The fourth-order valence-corrected chi connectivity index (χ4v) is 2.03. The topological polar surface area (TPSA) is 57.8 Å². The van der Waals surface area contributed by atoms with Crippen LogP contribution >= 0.6 is 11.3 Å². The van der Waals surface area contributed by atoms with Crippen molar-refractivity contribution in [3.05, 3.63) is 38.9 Å². The Kier molecular flexibility index (Phi) is 3.48. The van der Waals surface area contributed by atoms with E-state index in [9.17, 15) is 4.79 Å². The molecule has 4 nitrogen and oxygen atoms in total. The Morgan fingerprint density at radius 3 is 3.12 bits per heavy atom. The molecule has 0 bridgehead atoms. The summed E-state index contributed by atoms with van der Waals surface area (Å²) in [6.07, 6.45) is 0. The van der Waals surface area contributed by atoms with Gasteiger partial charge in [0.15, 0.2) is 0 Å². The number of thiophene rings is 1. The molecular formula is C11H13N3OS. The number of hydrogen-bond acceptors (Lipinski definition) is 4. The Hall–Kier alpha value is -1.46. The van der Waals surface area contributed by atoms with Crippen molar-refractivity contribution in [3.8, 4) is 11.4 Å². The van der Waals surface area contributed by atoms with Crippen molar-refractivity contribution in [2.24, 2.45) is 0 Å². The molecule has 2 N–H and O–H groups in total. The zero-order valence-electron chi connectivity index (χ0n) is 8.99. The van der Waals surface area contributed by atoms with E-state index in [0.29, 0.717) is 12.4 Å². The highest BCUT2D eigenvalue weighted by Crippen LogP contribution is 2.16. The van der Waals surface area contributed by atoms with Crippen LogP contribution in [-0.4, -0.2) is 16.5 Å². The molecule has 5 heteroatoms. The minimum atomic E-state index is -0.107. The SMILES string of the molecule is CCNCc1cc(=O)[nH]c(-c2ccsc2)n1. The summed E-state index contributed by atoms with van der Waals surface area (Å²) in [6, 6.07) is 3.47. The summed E-state index contributed by atoms with van der Waals surface area (Å²) in [4.78, 5) is 18.6. The van der Waals surface area contributed by atoms with Gasteiger partial charge in [0.25, 0.3) is 5.56 Å². The molecule has 0 aromatic carbocycles. The van der Waals surface area contributed by atoms with Gasteiger partial charge in [-0.1, -0.05) is 6.92 Å². The fourth-order valence-electron chi connectivity index (χ4n) is 1.39. The Morgan fingerprint density at radius 1 is 1.56 bits per heavy atom. The maximum absolute atomic E-state index is 11.4. The molecular weight excluding hydrogens is 222 g/mol. The lowest BCUT2D eigenvalue weighted by atomic mass is 10.3. The van der Waals surface area contributed by atoms with Crippen molar-refractivity contribution in [1.29, 1.82) is 0 Å². The van der Waals surface area contributed by atoms with E-state index in [1.807, 2.05) is 23.8 Å². The van der Waals surface area contributed by atoms with Crippen LogP contribution in [0.3, 0.4) is 0 Å². The molecule has 84 valence electrons. The molecule has 0 aliphatic heterocycles. The number of aromatic amines is 1. The normalized spacial score (nSPS) is 10.6. The minimum Gasteiger partial charge on any atom is -0.311 e. The van der Waals surface area contributed by atoms with Gasteiger partial charge in [-0.15, -0.1) is 0 Å². The zero-order chi connectivity index (χ0) is 11.4. The van der Waals surface area contributed by atoms with Crippen molar-refractivity contribution >= 4 is 11.3 Å². The van der Waals surface area contributed by atoms with Crippen molar-refractivity contribution in [3.63, 3.8) is 0 Å². The maximum Gasteiger partial charge on any atom is 0.251 e. The summed E-state index contributed by atoms with van der Waals surface area (Å²) in [5.41, 5.74) is 1.62. The van der Waals surface area contributed by atoms with Crippen LogP contribution in [0.5, 0.6) is 0 Å². The van der Waals surface area contributed by atoms with Gasteiger partial charge in [0, 0.05) is 23.6 Å². The molecule has 0 saturated carbocycles. The number of hydrogen-bond donors (Lipinski definition) is 2. The quantitative estimate of drug-likeness (QED) is 0.846. The lowest BCUT2D eigenvalue weighted by Gasteiger charge is -2.03. The Bertz CT molecular complexity index is 504. The smallest absolute Gasteiger partial charge is 0.251 e. The van der Waals surface area contributed by atoms with E-state index >= 15 is 0 Å². The second-order valence-electron chi connectivity index (χ2n) is 3.38. The number of H-pyrrole nitrogens is 1.